The van der Waals surface area contributed by atoms with Crippen LogP contribution in [-0.4, -0.2) is 135 Å². The number of aliphatic hydroxyl groups excluding tert-OH is 7. The highest BCUT2D eigenvalue weighted by Gasteiger charge is 2.69. The van der Waals surface area contributed by atoms with E-state index in [0.717, 1.165) is 45.1 Å². The summed E-state index contributed by atoms with van der Waals surface area (Å²) in [5.74, 6) is 3.51. The van der Waals surface area contributed by atoms with Gasteiger partial charge in [-0.2, -0.15) is 0 Å². The van der Waals surface area contributed by atoms with E-state index in [1.54, 1.807) is 0 Å². The summed E-state index contributed by atoms with van der Waals surface area (Å²) in [6, 6.07) is 0. The molecule has 13 nitrogen and oxygen atoms in total. The standard InChI is InChI=1S/C39H64O13/c1-18-7-12-39(47-17-18)19(2)28-25(52-39)14-24-22-6-5-20-13-21(8-10-37(20,3)23(22)9-11-38(24,28)4)48-36-34(32(45)30(43)27(16-41)50-36)51-35-33(46)31(44)29(42)26(15-40)49-35/h18-36,40-46H,5-17H2,1-4H3/t18?,19-,20+,21-,22-,23-,24-,25-,26+,27+,28-,29+,30-,31-,32-,33+,34+,35-,36+,37-,38-,39+/m0/s1. The van der Waals surface area contributed by atoms with Crippen molar-refractivity contribution in [3.05, 3.63) is 0 Å². The van der Waals surface area contributed by atoms with E-state index < -0.39 is 80.4 Å². The molecule has 22 atom stereocenters. The molecule has 0 aromatic rings. The van der Waals surface area contributed by atoms with Crippen LogP contribution in [0.5, 0.6) is 0 Å². The zero-order valence-corrected chi connectivity index (χ0v) is 31.2. The van der Waals surface area contributed by atoms with Crippen LogP contribution in [0, 0.1) is 52.3 Å². The van der Waals surface area contributed by atoms with Crippen LogP contribution in [0.15, 0.2) is 0 Å². The first-order valence-electron chi connectivity index (χ1n) is 20.3. The summed E-state index contributed by atoms with van der Waals surface area (Å²) in [5.41, 5.74) is 0.425. The summed E-state index contributed by atoms with van der Waals surface area (Å²) in [7, 11) is 0. The second kappa shape index (κ2) is 14.1. The van der Waals surface area contributed by atoms with Crippen LogP contribution in [-0.2, 0) is 28.4 Å². The van der Waals surface area contributed by atoms with Crippen LogP contribution >= 0.6 is 0 Å². The minimum absolute atomic E-state index is 0.168. The average Bonchev–Trinajstić information content (AvgIpc) is 3.58. The Bertz CT molecular complexity index is 1260. The van der Waals surface area contributed by atoms with Gasteiger partial charge in [-0.15, -0.1) is 0 Å². The highest BCUT2D eigenvalue weighted by Crippen LogP contribution is 2.71. The van der Waals surface area contributed by atoms with E-state index in [1.165, 1.54) is 25.7 Å². The molecule has 52 heavy (non-hydrogen) atoms. The van der Waals surface area contributed by atoms with Gasteiger partial charge in [0, 0.05) is 12.3 Å². The molecule has 1 unspecified atom stereocenters. The first kappa shape index (κ1) is 38.4. The van der Waals surface area contributed by atoms with E-state index in [9.17, 15) is 35.7 Å². The molecule has 1 spiro atoms. The summed E-state index contributed by atoms with van der Waals surface area (Å²) < 4.78 is 37.5. The fraction of sp³-hybridized carbons (Fsp3) is 1.00. The zero-order valence-electron chi connectivity index (χ0n) is 31.2. The van der Waals surface area contributed by atoms with Crippen LogP contribution in [0.25, 0.3) is 0 Å². The number of hydrogen-bond acceptors (Lipinski definition) is 13. The molecule has 4 aliphatic heterocycles. The van der Waals surface area contributed by atoms with Crippen molar-refractivity contribution in [2.75, 3.05) is 19.8 Å². The van der Waals surface area contributed by atoms with Crippen LogP contribution < -0.4 is 0 Å². The van der Waals surface area contributed by atoms with E-state index in [4.69, 9.17) is 28.4 Å². The Morgan fingerprint density at radius 2 is 1.37 bits per heavy atom. The molecule has 8 aliphatic rings. The van der Waals surface area contributed by atoms with Crippen LogP contribution in [0.1, 0.15) is 91.9 Å². The molecule has 8 rings (SSSR count). The lowest BCUT2D eigenvalue weighted by Crippen LogP contribution is -2.65. The van der Waals surface area contributed by atoms with Crippen molar-refractivity contribution >= 4 is 0 Å². The molecule has 0 bridgehead atoms. The van der Waals surface area contributed by atoms with E-state index in [-0.39, 0.29) is 23.0 Å². The maximum atomic E-state index is 11.1. The SMILES string of the molecule is CC1CC[C@@]2(OC1)O[C@H]1C[C@H]3[C@H]4CC[C@@H]5C[C@@H](O[C@@H]6O[C@H](CO)[C@H](O)[C@H](O)[C@H]6O[C@@H]6O[C@H](CO)[C@@H](O)[C@H](O)[C@H]6O)CC[C@]5(C)[C@H]4CC[C@]3(C)[C@H]1[C@@H]2C. The molecule has 8 fully saturated rings. The molecule has 0 amide bonds. The van der Waals surface area contributed by atoms with Crippen LogP contribution in [0.2, 0.25) is 0 Å². The number of aliphatic hydroxyl groups is 7. The first-order chi connectivity index (χ1) is 24.7. The van der Waals surface area contributed by atoms with Crippen LogP contribution in [0.3, 0.4) is 0 Å². The summed E-state index contributed by atoms with van der Waals surface area (Å²) in [6.07, 6.45) is -3.88. The van der Waals surface area contributed by atoms with Crippen molar-refractivity contribution in [3.63, 3.8) is 0 Å². The van der Waals surface area contributed by atoms with Crippen molar-refractivity contribution in [2.45, 2.75) is 171 Å². The lowest BCUT2D eigenvalue weighted by molar-refractivity contribution is -0.373. The van der Waals surface area contributed by atoms with Gasteiger partial charge in [-0.1, -0.05) is 27.7 Å². The molecule has 4 heterocycles. The number of fused-ring (bicyclic) bond motifs is 7. The molecule has 4 aliphatic carbocycles. The molecule has 13 heteroatoms. The van der Waals surface area contributed by atoms with E-state index in [1.807, 2.05) is 0 Å². The molecular formula is C39H64O13. The molecule has 0 aromatic carbocycles. The summed E-state index contributed by atoms with van der Waals surface area (Å²) >= 11 is 0. The topological polar surface area (TPSA) is 197 Å². The summed E-state index contributed by atoms with van der Waals surface area (Å²) in [5, 5.41) is 72.7. The second-order valence-electron chi connectivity index (χ2n) is 18.7. The Morgan fingerprint density at radius 3 is 2.06 bits per heavy atom. The van der Waals surface area contributed by atoms with Gasteiger partial charge in [0.2, 0.25) is 0 Å². The van der Waals surface area contributed by atoms with Crippen molar-refractivity contribution in [3.8, 4) is 0 Å². The smallest absolute Gasteiger partial charge is 0.187 e. The monoisotopic (exact) mass is 740 g/mol. The zero-order chi connectivity index (χ0) is 36.9. The number of ether oxygens (including phenoxy) is 6. The first-order valence-corrected chi connectivity index (χ1v) is 20.3. The summed E-state index contributed by atoms with van der Waals surface area (Å²) in [4.78, 5) is 0. The van der Waals surface area contributed by atoms with Gasteiger partial charge in [0.15, 0.2) is 18.4 Å². The van der Waals surface area contributed by atoms with Crippen molar-refractivity contribution in [2.24, 2.45) is 52.3 Å². The second-order valence-corrected chi connectivity index (χ2v) is 18.7. The van der Waals surface area contributed by atoms with Gasteiger partial charge in [0.1, 0.15) is 48.8 Å². The fourth-order valence-corrected chi connectivity index (χ4v) is 13.2. The number of hydrogen-bond donors (Lipinski definition) is 7. The van der Waals surface area contributed by atoms with Crippen molar-refractivity contribution < 1.29 is 64.2 Å². The molecule has 7 N–H and O–H groups in total. The molecule has 298 valence electrons. The fourth-order valence-electron chi connectivity index (χ4n) is 13.2. The third-order valence-corrected chi connectivity index (χ3v) is 16.2. The lowest BCUT2D eigenvalue weighted by Gasteiger charge is -2.61. The average molecular weight is 741 g/mol. The normalized spacial score (nSPS) is 59.0. The Hall–Kier alpha value is -0.520. The van der Waals surface area contributed by atoms with Crippen molar-refractivity contribution in [1.29, 1.82) is 0 Å². The van der Waals surface area contributed by atoms with E-state index in [2.05, 4.69) is 27.7 Å². The maximum Gasteiger partial charge on any atom is 0.187 e. The third kappa shape index (κ3) is 5.98. The largest absolute Gasteiger partial charge is 0.394 e. The van der Waals surface area contributed by atoms with E-state index in [0.29, 0.717) is 41.4 Å². The van der Waals surface area contributed by atoms with Gasteiger partial charge < -0.3 is 64.2 Å². The quantitative estimate of drug-likeness (QED) is 0.194. The molecular weight excluding hydrogens is 676 g/mol. The molecule has 0 radical (unpaired) electrons. The summed E-state index contributed by atoms with van der Waals surface area (Å²) in [6.45, 7) is 9.33. The van der Waals surface area contributed by atoms with Gasteiger partial charge in [0.25, 0.3) is 0 Å². The predicted octanol–water partition coefficient (Wildman–Crippen LogP) is 1.44. The predicted molar refractivity (Wildman–Crippen MR) is 183 cm³/mol. The van der Waals surface area contributed by atoms with Gasteiger partial charge in [0.05, 0.1) is 32.0 Å². The molecule has 0 aromatic heterocycles. The Balaban J connectivity index is 0.942. The van der Waals surface area contributed by atoms with Gasteiger partial charge in [-0.3, -0.25) is 0 Å². The Kier molecular flexibility index (Phi) is 10.4. The number of rotatable bonds is 6. The minimum Gasteiger partial charge on any atom is -0.394 e. The van der Waals surface area contributed by atoms with Gasteiger partial charge >= 0.3 is 0 Å². The van der Waals surface area contributed by atoms with E-state index >= 15 is 0 Å². The third-order valence-electron chi connectivity index (χ3n) is 16.2. The molecule has 4 saturated heterocycles. The minimum atomic E-state index is -1.71. The Morgan fingerprint density at radius 1 is 0.673 bits per heavy atom. The highest BCUT2D eigenvalue weighted by atomic mass is 16.8. The van der Waals surface area contributed by atoms with Crippen LogP contribution in [0.4, 0.5) is 0 Å². The van der Waals surface area contributed by atoms with Gasteiger partial charge in [-0.25, -0.2) is 0 Å². The highest BCUT2D eigenvalue weighted by molar-refractivity contribution is 5.15. The van der Waals surface area contributed by atoms with Gasteiger partial charge in [-0.05, 0) is 104 Å². The van der Waals surface area contributed by atoms with Crippen molar-refractivity contribution in [1.82, 2.24) is 0 Å². The lowest BCUT2D eigenvalue weighted by atomic mass is 9.44. The maximum absolute atomic E-state index is 11.1. The Labute approximate surface area is 307 Å². The molecule has 4 saturated carbocycles.